The van der Waals surface area contributed by atoms with Crippen molar-refractivity contribution in [2.75, 3.05) is 6.26 Å². The van der Waals surface area contributed by atoms with E-state index in [1.807, 2.05) is 0 Å². The first kappa shape index (κ1) is 11.8. The van der Waals surface area contributed by atoms with Gasteiger partial charge >= 0.3 is 0 Å². The van der Waals surface area contributed by atoms with Crippen molar-refractivity contribution in [3.8, 4) is 0 Å². The van der Waals surface area contributed by atoms with E-state index in [1.54, 1.807) is 0 Å². The first-order valence-corrected chi connectivity index (χ1v) is 6.18. The third kappa shape index (κ3) is 2.06. The summed E-state index contributed by atoms with van der Waals surface area (Å²) in [6.07, 6.45) is 3.26. The lowest BCUT2D eigenvalue weighted by molar-refractivity contribution is 0.453. The van der Waals surface area contributed by atoms with Crippen LogP contribution in [0.15, 0.2) is 11.0 Å². The molecule has 0 bridgehead atoms. The molecule has 1 saturated carbocycles. The Morgan fingerprint density at radius 2 is 1.94 bits per heavy atom. The third-order valence-electron chi connectivity index (χ3n) is 2.83. The van der Waals surface area contributed by atoms with Crippen molar-refractivity contribution in [1.82, 2.24) is 0 Å². The highest BCUT2D eigenvalue weighted by atomic mass is 32.2. The average molecular weight is 247 g/mol. The van der Waals surface area contributed by atoms with Crippen molar-refractivity contribution in [3.05, 3.63) is 29.1 Å². The molecule has 0 unspecified atom stereocenters. The summed E-state index contributed by atoms with van der Waals surface area (Å²) < 4.78 is 40.4. The fraction of sp³-hybridized carbons (Fsp3) is 0.455. The third-order valence-corrected chi connectivity index (χ3v) is 3.61. The van der Waals surface area contributed by atoms with Crippen LogP contribution in [-0.4, -0.2) is 11.8 Å². The second-order valence-electron chi connectivity index (χ2n) is 4.22. The standard InChI is InChI=1S/C11H12F3NS/c1-16-10-7(12)4-6(8(13)9(10)14)5-11(15)2-3-11/h4H,2-3,5,15H2,1H3. The number of rotatable bonds is 3. The molecule has 0 radical (unpaired) electrons. The Bertz CT molecular complexity index is 430. The largest absolute Gasteiger partial charge is 0.325 e. The van der Waals surface area contributed by atoms with E-state index < -0.39 is 23.0 Å². The highest BCUT2D eigenvalue weighted by molar-refractivity contribution is 7.98. The van der Waals surface area contributed by atoms with Crippen LogP contribution in [0, 0.1) is 17.5 Å². The van der Waals surface area contributed by atoms with Crippen LogP contribution in [0.3, 0.4) is 0 Å². The summed E-state index contributed by atoms with van der Waals surface area (Å²) in [6.45, 7) is 0. The van der Waals surface area contributed by atoms with Crippen molar-refractivity contribution < 1.29 is 13.2 Å². The van der Waals surface area contributed by atoms with Crippen LogP contribution in [0.2, 0.25) is 0 Å². The second-order valence-corrected chi connectivity index (χ2v) is 5.03. The number of hydrogen-bond donors (Lipinski definition) is 1. The van der Waals surface area contributed by atoms with Crippen molar-refractivity contribution in [2.24, 2.45) is 5.73 Å². The zero-order chi connectivity index (χ0) is 11.9. The number of nitrogens with two attached hydrogens (primary N) is 1. The molecule has 0 amide bonds. The van der Waals surface area contributed by atoms with E-state index in [4.69, 9.17) is 5.73 Å². The maximum absolute atomic E-state index is 13.6. The molecule has 0 saturated heterocycles. The Kier molecular flexibility index (Phi) is 2.92. The SMILES string of the molecule is CSc1c(F)cc(CC2(N)CC2)c(F)c1F. The van der Waals surface area contributed by atoms with Gasteiger partial charge in [0.2, 0.25) is 0 Å². The number of thioether (sulfide) groups is 1. The Hall–Kier alpha value is -0.680. The van der Waals surface area contributed by atoms with E-state index >= 15 is 0 Å². The Morgan fingerprint density at radius 1 is 1.31 bits per heavy atom. The number of halogens is 3. The molecule has 0 heterocycles. The van der Waals surface area contributed by atoms with Gasteiger partial charge in [-0.05, 0) is 37.1 Å². The summed E-state index contributed by atoms with van der Waals surface area (Å²) >= 11 is 0.857. The summed E-state index contributed by atoms with van der Waals surface area (Å²) in [7, 11) is 0. The molecule has 88 valence electrons. The van der Waals surface area contributed by atoms with Crippen LogP contribution < -0.4 is 5.73 Å². The molecule has 5 heteroatoms. The molecular formula is C11H12F3NS. The fourth-order valence-electron chi connectivity index (χ4n) is 1.66. The predicted octanol–water partition coefficient (Wildman–Crippen LogP) is 2.86. The minimum Gasteiger partial charge on any atom is -0.325 e. The van der Waals surface area contributed by atoms with Gasteiger partial charge in [0.15, 0.2) is 11.6 Å². The Morgan fingerprint density at radius 3 is 2.44 bits per heavy atom. The molecule has 1 aliphatic carbocycles. The summed E-state index contributed by atoms with van der Waals surface area (Å²) in [5, 5.41) is 0. The van der Waals surface area contributed by atoms with E-state index in [0.717, 1.165) is 30.7 Å². The number of hydrogen-bond acceptors (Lipinski definition) is 2. The number of benzene rings is 1. The van der Waals surface area contributed by atoms with Crippen LogP contribution in [0.1, 0.15) is 18.4 Å². The van der Waals surface area contributed by atoms with E-state index in [2.05, 4.69) is 0 Å². The molecule has 1 nitrogen and oxygen atoms in total. The molecule has 16 heavy (non-hydrogen) atoms. The molecule has 0 aromatic heterocycles. The molecule has 0 aliphatic heterocycles. The maximum atomic E-state index is 13.6. The molecule has 1 fully saturated rings. The highest BCUT2D eigenvalue weighted by Gasteiger charge is 2.39. The first-order valence-electron chi connectivity index (χ1n) is 4.96. The van der Waals surface area contributed by atoms with Gasteiger partial charge in [-0.2, -0.15) is 0 Å². The Balaban J connectivity index is 2.39. The summed E-state index contributed by atoms with van der Waals surface area (Å²) in [6, 6.07) is 1.05. The van der Waals surface area contributed by atoms with Crippen LogP contribution in [-0.2, 0) is 6.42 Å². The minimum atomic E-state index is -1.10. The van der Waals surface area contributed by atoms with Gasteiger partial charge in [0.25, 0.3) is 0 Å². The average Bonchev–Trinajstić information content (AvgIpc) is 2.93. The Labute approximate surface area is 96.2 Å². The van der Waals surface area contributed by atoms with Gasteiger partial charge in [0, 0.05) is 5.54 Å². The predicted molar refractivity (Wildman–Crippen MR) is 58.0 cm³/mol. The van der Waals surface area contributed by atoms with Gasteiger partial charge in [-0.3, -0.25) is 0 Å². The van der Waals surface area contributed by atoms with Crippen LogP contribution >= 0.6 is 11.8 Å². The minimum absolute atomic E-state index is 0.0350. The van der Waals surface area contributed by atoms with E-state index in [-0.39, 0.29) is 16.9 Å². The molecule has 2 rings (SSSR count). The summed E-state index contributed by atoms with van der Waals surface area (Å²) in [5.74, 6) is -2.79. The molecule has 0 atom stereocenters. The summed E-state index contributed by atoms with van der Waals surface area (Å²) in [5.41, 5.74) is 5.38. The first-order chi connectivity index (χ1) is 7.47. The maximum Gasteiger partial charge on any atom is 0.175 e. The van der Waals surface area contributed by atoms with Crippen LogP contribution in [0.25, 0.3) is 0 Å². The molecule has 2 N–H and O–H groups in total. The smallest absolute Gasteiger partial charge is 0.175 e. The lowest BCUT2D eigenvalue weighted by Gasteiger charge is -2.12. The van der Waals surface area contributed by atoms with Gasteiger partial charge in [0.1, 0.15) is 5.82 Å². The van der Waals surface area contributed by atoms with E-state index in [0.29, 0.717) is 0 Å². The quantitative estimate of drug-likeness (QED) is 0.656. The second kappa shape index (κ2) is 3.96. The van der Waals surface area contributed by atoms with Gasteiger partial charge < -0.3 is 5.73 Å². The highest BCUT2D eigenvalue weighted by Crippen LogP contribution is 2.37. The van der Waals surface area contributed by atoms with Gasteiger partial charge in [-0.15, -0.1) is 11.8 Å². The van der Waals surface area contributed by atoms with Gasteiger partial charge in [0.05, 0.1) is 4.90 Å². The van der Waals surface area contributed by atoms with Crippen LogP contribution in [0.4, 0.5) is 13.2 Å². The van der Waals surface area contributed by atoms with Gasteiger partial charge in [-0.25, -0.2) is 13.2 Å². The molecule has 1 aromatic carbocycles. The van der Waals surface area contributed by atoms with Crippen molar-refractivity contribution in [3.63, 3.8) is 0 Å². The zero-order valence-electron chi connectivity index (χ0n) is 8.82. The topological polar surface area (TPSA) is 26.0 Å². The van der Waals surface area contributed by atoms with Crippen molar-refractivity contribution in [2.45, 2.75) is 29.7 Å². The molecule has 1 aliphatic rings. The molecule has 0 spiro atoms. The summed E-state index contributed by atoms with van der Waals surface area (Å²) in [4.78, 5) is -0.275. The monoisotopic (exact) mass is 247 g/mol. The van der Waals surface area contributed by atoms with Gasteiger partial charge in [-0.1, -0.05) is 0 Å². The molecule has 1 aromatic rings. The van der Waals surface area contributed by atoms with E-state index in [1.165, 1.54) is 6.26 Å². The lowest BCUT2D eigenvalue weighted by atomic mass is 10.0. The van der Waals surface area contributed by atoms with Crippen molar-refractivity contribution >= 4 is 11.8 Å². The van der Waals surface area contributed by atoms with E-state index in [9.17, 15) is 13.2 Å². The molecular weight excluding hydrogens is 235 g/mol. The zero-order valence-corrected chi connectivity index (χ0v) is 9.63. The normalized spacial score (nSPS) is 17.6. The van der Waals surface area contributed by atoms with Crippen LogP contribution in [0.5, 0.6) is 0 Å². The lowest BCUT2D eigenvalue weighted by Crippen LogP contribution is -2.25. The van der Waals surface area contributed by atoms with Crippen molar-refractivity contribution in [1.29, 1.82) is 0 Å². The fourth-order valence-corrected chi connectivity index (χ4v) is 2.18.